The summed E-state index contributed by atoms with van der Waals surface area (Å²) in [5.74, 6) is 0. The van der Waals surface area contributed by atoms with E-state index in [1.807, 2.05) is 0 Å². The highest BCUT2D eigenvalue weighted by Crippen LogP contribution is 2.78. The second-order valence-electron chi connectivity index (χ2n) is 12.3. The molecule has 0 aromatic heterocycles. The van der Waals surface area contributed by atoms with Gasteiger partial charge in [-0.25, -0.2) is 0 Å². The van der Waals surface area contributed by atoms with E-state index in [0.717, 1.165) is 16.6 Å². The van der Waals surface area contributed by atoms with Crippen LogP contribution in [0.1, 0.15) is 83.1 Å². The van der Waals surface area contributed by atoms with E-state index in [0.29, 0.717) is 10.1 Å². The van der Waals surface area contributed by atoms with Gasteiger partial charge in [-0.1, -0.05) is 109 Å². The highest BCUT2D eigenvalue weighted by molar-refractivity contribution is 8.38. The first-order valence-corrected chi connectivity index (χ1v) is 22.6. The molecular weight excluding hydrogens is 367 g/mol. The van der Waals surface area contributed by atoms with Crippen LogP contribution in [-0.2, 0) is 0 Å². The standard InChI is InChI=1S/C21H51PSi3/c1-17(2)25(18(3)4,19(5)6)22(23(13,14)20(7,8)9)24(15,16)21(10,11)12/h17-19H,1-16H3. The molecule has 0 aliphatic heterocycles. The quantitative estimate of drug-likeness (QED) is 0.297. The molecule has 0 aliphatic rings. The molecule has 0 aromatic carbocycles. The van der Waals surface area contributed by atoms with Crippen molar-refractivity contribution < 1.29 is 0 Å². The van der Waals surface area contributed by atoms with E-state index in [1.165, 1.54) is 0 Å². The van der Waals surface area contributed by atoms with Crippen molar-refractivity contribution in [1.29, 1.82) is 0 Å². The Hall–Kier alpha value is 1.08. The largest absolute Gasteiger partial charge is 0.138 e. The summed E-state index contributed by atoms with van der Waals surface area (Å²) in [4.78, 5) is 0. The maximum atomic E-state index is 2.79. The summed E-state index contributed by atoms with van der Waals surface area (Å²) in [6, 6.07) is 0. The van der Waals surface area contributed by atoms with E-state index in [2.05, 4.69) is 109 Å². The highest BCUT2D eigenvalue weighted by Gasteiger charge is 2.63. The van der Waals surface area contributed by atoms with Crippen LogP contribution in [0.15, 0.2) is 0 Å². The average Bonchev–Trinajstić information content (AvgIpc) is 2.30. The van der Waals surface area contributed by atoms with Gasteiger partial charge in [0.15, 0.2) is 0 Å². The smallest absolute Gasteiger partial charge is 0.0809 e. The first-order chi connectivity index (χ1) is 10.7. The lowest BCUT2D eigenvalue weighted by atomic mass is 10.2. The van der Waals surface area contributed by atoms with Gasteiger partial charge in [0.05, 0.1) is 23.2 Å². The molecule has 0 aromatic rings. The van der Waals surface area contributed by atoms with Gasteiger partial charge in [0.1, 0.15) is 0 Å². The van der Waals surface area contributed by atoms with Gasteiger partial charge in [-0.2, -0.15) is 0 Å². The van der Waals surface area contributed by atoms with Crippen LogP contribution in [0.3, 0.4) is 0 Å². The molecule has 0 fully saturated rings. The van der Waals surface area contributed by atoms with Crippen LogP contribution in [0.5, 0.6) is 0 Å². The SMILES string of the molecule is CC(C)[Si](C(C)C)(C(C)C)P([Si](C)(C)C(C)(C)C)[Si](C)(C)C(C)(C)C. The zero-order chi connectivity index (χ0) is 20.8. The minimum atomic E-state index is -1.46. The van der Waals surface area contributed by atoms with E-state index >= 15 is 0 Å². The van der Waals surface area contributed by atoms with E-state index in [9.17, 15) is 0 Å². The van der Waals surface area contributed by atoms with Gasteiger partial charge < -0.3 is 0 Å². The van der Waals surface area contributed by atoms with Gasteiger partial charge in [0.2, 0.25) is 0 Å². The van der Waals surface area contributed by atoms with Crippen molar-refractivity contribution in [1.82, 2.24) is 0 Å². The van der Waals surface area contributed by atoms with E-state index in [4.69, 9.17) is 0 Å². The minimum Gasteiger partial charge on any atom is -0.138 e. The maximum absolute atomic E-state index is 2.79. The van der Waals surface area contributed by atoms with Crippen molar-refractivity contribution in [3.63, 3.8) is 0 Å². The summed E-state index contributed by atoms with van der Waals surface area (Å²) in [5, 5.41) is 0.982. The number of rotatable bonds is 6. The fraction of sp³-hybridized carbons (Fsp3) is 1.00. The Bertz CT molecular complexity index is 389. The molecule has 4 heteroatoms. The molecule has 0 spiro atoms. The zero-order valence-corrected chi connectivity index (χ0v) is 24.6. The Kier molecular flexibility index (Phi) is 8.18. The molecule has 0 atom stereocenters. The Morgan fingerprint density at radius 2 is 0.720 bits per heavy atom. The van der Waals surface area contributed by atoms with Gasteiger partial charge in [-0.15, -0.1) is 6.57 Å². The Balaban J connectivity index is 7.11. The van der Waals surface area contributed by atoms with Crippen LogP contribution < -0.4 is 0 Å². The maximum Gasteiger partial charge on any atom is 0.0809 e. The molecule has 0 unspecified atom stereocenters. The zero-order valence-electron chi connectivity index (χ0n) is 20.7. The first kappa shape index (κ1) is 26.1. The van der Waals surface area contributed by atoms with Crippen LogP contribution in [-0.4, -0.2) is 23.2 Å². The van der Waals surface area contributed by atoms with Crippen LogP contribution in [0.2, 0.25) is 52.9 Å². The average molecular weight is 419 g/mol. The molecule has 152 valence electrons. The minimum absolute atomic E-state index is 0.127. The van der Waals surface area contributed by atoms with Crippen molar-refractivity contribution in [2.75, 3.05) is 0 Å². The van der Waals surface area contributed by atoms with Crippen LogP contribution in [0, 0.1) is 0 Å². The molecule has 0 rings (SSSR count). The molecule has 0 heterocycles. The van der Waals surface area contributed by atoms with Gasteiger partial charge >= 0.3 is 0 Å². The Labute approximate surface area is 165 Å². The third-order valence-corrected chi connectivity index (χ3v) is 68.7. The lowest BCUT2D eigenvalue weighted by molar-refractivity contribution is 0.730. The Morgan fingerprint density at radius 3 is 0.840 bits per heavy atom. The van der Waals surface area contributed by atoms with Crippen molar-refractivity contribution in [3.05, 3.63) is 0 Å². The van der Waals surface area contributed by atoms with Crippen molar-refractivity contribution in [2.24, 2.45) is 0 Å². The molecule has 0 aliphatic carbocycles. The van der Waals surface area contributed by atoms with Crippen LogP contribution >= 0.6 is 6.57 Å². The van der Waals surface area contributed by atoms with Crippen molar-refractivity contribution >= 4 is 29.8 Å². The molecule has 0 bridgehead atoms. The van der Waals surface area contributed by atoms with E-state index in [-0.39, 0.29) is 6.57 Å². The lowest BCUT2D eigenvalue weighted by Crippen LogP contribution is -2.60. The highest BCUT2D eigenvalue weighted by atomic mass is 31.8. The molecular formula is C21H51PSi3. The molecule has 0 radical (unpaired) electrons. The third-order valence-electron chi connectivity index (χ3n) is 7.95. The van der Waals surface area contributed by atoms with Gasteiger partial charge in [-0.05, 0) is 26.7 Å². The molecule has 25 heavy (non-hydrogen) atoms. The monoisotopic (exact) mass is 418 g/mol. The normalized spacial score (nSPS) is 15.8. The molecule has 0 saturated carbocycles. The van der Waals surface area contributed by atoms with E-state index < -0.39 is 23.2 Å². The molecule has 0 amide bonds. The lowest BCUT2D eigenvalue weighted by Gasteiger charge is -2.65. The second-order valence-corrected chi connectivity index (χ2v) is 44.5. The first-order valence-electron chi connectivity index (χ1n) is 10.5. The van der Waals surface area contributed by atoms with E-state index in [1.54, 1.807) is 0 Å². The van der Waals surface area contributed by atoms with Gasteiger partial charge in [-0.3, -0.25) is 0 Å². The van der Waals surface area contributed by atoms with Crippen LogP contribution in [0.25, 0.3) is 0 Å². The molecule has 0 N–H and O–H groups in total. The summed E-state index contributed by atoms with van der Waals surface area (Å²) in [7, 11) is -4.29. The molecule has 0 saturated heterocycles. The fourth-order valence-electron chi connectivity index (χ4n) is 5.11. The summed E-state index contributed by atoms with van der Waals surface area (Å²) in [5.41, 5.74) is 2.67. The summed E-state index contributed by atoms with van der Waals surface area (Å²) < 4.78 is 0. The van der Waals surface area contributed by atoms with Gasteiger partial charge in [0.25, 0.3) is 0 Å². The summed E-state index contributed by atoms with van der Waals surface area (Å²) in [6.07, 6.45) is 0. The molecule has 0 nitrogen and oxygen atoms in total. The van der Waals surface area contributed by atoms with Crippen molar-refractivity contribution in [3.8, 4) is 0 Å². The summed E-state index contributed by atoms with van der Waals surface area (Å²) >= 11 is 0. The fourth-order valence-corrected chi connectivity index (χ4v) is 90.0. The number of hydrogen-bond acceptors (Lipinski definition) is 0. The summed E-state index contributed by atoms with van der Waals surface area (Å²) in [6.45, 7) is 42.3. The predicted octanol–water partition coefficient (Wildman–Crippen LogP) is 9.65. The Morgan fingerprint density at radius 1 is 0.520 bits per heavy atom. The van der Waals surface area contributed by atoms with Crippen LogP contribution in [0.4, 0.5) is 0 Å². The number of hydrogen-bond donors (Lipinski definition) is 0. The topological polar surface area (TPSA) is 0 Å². The van der Waals surface area contributed by atoms with Gasteiger partial charge in [0, 0.05) is 0 Å². The van der Waals surface area contributed by atoms with Crippen molar-refractivity contribution in [2.45, 2.75) is 136 Å². The second kappa shape index (κ2) is 7.84. The third kappa shape index (κ3) is 4.40. The predicted molar refractivity (Wildman–Crippen MR) is 132 cm³/mol.